The van der Waals surface area contributed by atoms with Gasteiger partial charge in [0.25, 0.3) is 11.8 Å². The van der Waals surface area contributed by atoms with Gasteiger partial charge < -0.3 is 14.8 Å². The number of benzene rings is 1. The number of halogens is 3. The topological polar surface area (TPSA) is 139 Å². The lowest BCUT2D eigenvalue weighted by molar-refractivity contribution is -0.151. The average Bonchev–Trinajstić information content (AvgIpc) is 3.04. The number of carbonyl (C=O) groups is 3. The molecule has 5 atom stereocenters. The molecule has 0 radical (unpaired) electrons. The first-order valence-electron chi connectivity index (χ1n) is 16.4. The lowest BCUT2D eigenvalue weighted by Crippen LogP contribution is -2.57. The van der Waals surface area contributed by atoms with Crippen molar-refractivity contribution in [2.24, 2.45) is 11.8 Å². The largest absolute Gasteiger partial charge is 0.460 e. The predicted molar refractivity (Wildman–Crippen MR) is 200 cm³/mol. The molecule has 2 unspecified atom stereocenters. The van der Waals surface area contributed by atoms with Crippen LogP contribution in [0.3, 0.4) is 0 Å². The van der Waals surface area contributed by atoms with E-state index in [1.807, 2.05) is 91.0 Å². The zero-order chi connectivity index (χ0) is 37.4. The zero-order valence-electron chi connectivity index (χ0n) is 29.6. The van der Waals surface area contributed by atoms with Gasteiger partial charge in [-0.3, -0.25) is 24.4 Å². The number of fused-ring (bicyclic) bond motifs is 1. The molecule has 3 N–H and O–H groups in total. The fraction of sp³-hybridized carbons (Fsp3) is 0.543. The van der Waals surface area contributed by atoms with Crippen LogP contribution in [0.5, 0.6) is 0 Å². The van der Waals surface area contributed by atoms with Crippen molar-refractivity contribution in [3.63, 3.8) is 0 Å². The van der Waals surface area contributed by atoms with Gasteiger partial charge in [0.15, 0.2) is 0 Å². The maximum absolute atomic E-state index is 13.2. The third kappa shape index (κ3) is 12.9. The minimum atomic E-state index is -1.75. The number of amides is 2. The maximum Gasteiger partial charge on any atom is 0.325 e. The van der Waals surface area contributed by atoms with Gasteiger partial charge in [0.2, 0.25) is 3.79 Å². The molecule has 1 aromatic carbocycles. The van der Waals surface area contributed by atoms with Gasteiger partial charge in [-0.1, -0.05) is 92.5 Å². The molecule has 1 fully saturated rings. The van der Waals surface area contributed by atoms with Crippen molar-refractivity contribution in [2.45, 2.75) is 88.0 Å². The number of nitrogens with one attached hydrogen (secondary N) is 3. The molecule has 3 rings (SSSR count). The van der Waals surface area contributed by atoms with Crippen LogP contribution in [0.25, 0.3) is 17.0 Å². The summed E-state index contributed by atoms with van der Waals surface area (Å²) in [5.41, 5.74) is 5.21. The molecule has 2 amide bonds. The smallest absolute Gasteiger partial charge is 0.325 e. The summed E-state index contributed by atoms with van der Waals surface area (Å²) in [5, 5.41) is 4.77. The fourth-order valence-corrected chi connectivity index (χ4v) is 5.80. The normalized spacial score (nSPS) is 18.1. The molecule has 1 aliphatic heterocycles. The van der Waals surface area contributed by atoms with Gasteiger partial charge >= 0.3 is 5.97 Å². The Balaban J connectivity index is 1.56. The molecule has 2 aromatic rings. The molecule has 15 heteroatoms. The lowest BCUT2D eigenvalue weighted by atomic mass is 10.1. The summed E-state index contributed by atoms with van der Waals surface area (Å²) in [7, 11) is -1.22. The summed E-state index contributed by atoms with van der Waals surface area (Å²) in [6.07, 6.45) is 4.05. The van der Waals surface area contributed by atoms with Gasteiger partial charge in [-0.25, -0.2) is 14.4 Å². The second-order valence-electron chi connectivity index (χ2n) is 13.7. The molecule has 1 aromatic heterocycles. The molecule has 0 spiro atoms. The summed E-state index contributed by atoms with van der Waals surface area (Å²) in [5.74, 6) is -2.01. The molecule has 0 saturated carbocycles. The molecule has 11 nitrogen and oxygen atoms in total. The lowest BCUT2D eigenvalue weighted by Gasteiger charge is -2.33. The van der Waals surface area contributed by atoms with Crippen LogP contribution in [0.15, 0.2) is 48.7 Å². The first kappa shape index (κ1) is 41.8. The van der Waals surface area contributed by atoms with Crippen LogP contribution in [0.2, 0.25) is 0 Å². The highest BCUT2D eigenvalue weighted by atomic mass is 35.6. The van der Waals surface area contributed by atoms with Gasteiger partial charge in [0.05, 0.1) is 39.6 Å². The van der Waals surface area contributed by atoms with E-state index in [4.69, 9.17) is 49.3 Å². The molecule has 2 heterocycles. The van der Waals surface area contributed by atoms with Crippen molar-refractivity contribution in [2.75, 3.05) is 19.8 Å². The molecular formula is C35H48Cl3N5O6S. The van der Waals surface area contributed by atoms with E-state index in [1.54, 1.807) is 0 Å². The van der Waals surface area contributed by atoms with Crippen molar-refractivity contribution in [3.05, 3.63) is 59.9 Å². The molecule has 276 valence electrons. The SMILES string of the molecule is C=C(NC(=O)[C@@H](OCC(C)/C=C/c1ccc2ccc(C(C)N[S@](=O)C(C)(C)C)nc2c1)C(C)C)C(=O)N1CCC[C@@H](C(=O)OCC(Cl)(Cl)Cl)N1. The number of hydrogen-bond acceptors (Lipinski definition) is 8. The van der Waals surface area contributed by atoms with E-state index in [-0.39, 0.29) is 34.9 Å². The van der Waals surface area contributed by atoms with E-state index in [0.717, 1.165) is 22.2 Å². The number of carbonyl (C=O) groups excluding carboxylic acids is 3. The van der Waals surface area contributed by atoms with E-state index in [0.29, 0.717) is 19.4 Å². The van der Waals surface area contributed by atoms with Gasteiger partial charge in [0, 0.05) is 11.9 Å². The quantitative estimate of drug-likeness (QED) is 0.119. The predicted octanol–water partition coefficient (Wildman–Crippen LogP) is 6.08. The van der Waals surface area contributed by atoms with E-state index in [2.05, 4.69) is 22.0 Å². The minimum Gasteiger partial charge on any atom is -0.460 e. The summed E-state index contributed by atoms with van der Waals surface area (Å²) in [6.45, 7) is 17.2. The first-order valence-corrected chi connectivity index (χ1v) is 18.7. The number of alkyl halides is 3. The standard InChI is InChI=1S/C35H48Cl3N5O6S/c1-21(2)30(31(44)39-24(5)32(45)43-17-9-10-28(41-43)33(46)49-20-35(36,37)38)48-19-22(3)11-12-25-13-14-26-15-16-27(40-29(26)18-25)23(4)42-50(47)34(6,7)8/h11-16,18,21-23,28,30,41-42H,5,9-10,17,19-20H2,1-4,6-8H3,(H,39,44)/b12-11+/t22?,23?,28-,30-,50+/m0/s1. The Labute approximate surface area is 312 Å². The van der Waals surface area contributed by atoms with Crippen molar-refractivity contribution in [1.29, 1.82) is 0 Å². The summed E-state index contributed by atoms with van der Waals surface area (Å²) < 4.78 is 24.6. The minimum absolute atomic E-state index is 0.0451. The van der Waals surface area contributed by atoms with Crippen LogP contribution in [-0.4, -0.2) is 72.4 Å². The molecule has 1 saturated heterocycles. The third-order valence-electron chi connectivity index (χ3n) is 7.67. The van der Waals surface area contributed by atoms with Crippen molar-refractivity contribution < 1.29 is 28.1 Å². The fourth-order valence-electron chi connectivity index (χ4n) is 4.84. The molecule has 1 aliphatic rings. The Hall–Kier alpha value is -2.58. The Morgan fingerprint density at radius 2 is 1.82 bits per heavy atom. The highest BCUT2D eigenvalue weighted by Crippen LogP contribution is 2.26. The number of aromatic nitrogens is 1. The Morgan fingerprint density at radius 3 is 2.46 bits per heavy atom. The number of hydrazine groups is 1. The number of hydrogen-bond donors (Lipinski definition) is 3. The van der Waals surface area contributed by atoms with E-state index >= 15 is 0 Å². The van der Waals surface area contributed by atoms with Crippen LogP contribution in [0, 0.1) is 11.8 Å². The summed E-state index contributed by atoms with van der Waals surface area (Å²) in [6, 6.07) is 8.93. The van der Waals surface area contributed by atoms with Crippen molar-refractivity contribution in [3.8, 4) is 0 Å². The second kappa shape index (κ2) is 18.3. The number of nitrogens with zero attached hydrogens (tertiary/aromatic N) is 2. The Bertz CT molecular complexity index is 1590. The van der Waals surface area contributed by atoms with Crippen LogP contribution < -0.4 is 15.5 Å². The van der Waals surface area contributed by atoms with Crippen LogP contribution in [0.1, 0.15) is 78.6 Å². The van der Waals surface area contributed by atoms with Gasteiger partial charge in [0.1, 0.15) is 24.4 Å². The van der Waals surface area contributed by atoms with E-state index < -0.39 is 51.3 Å². The maximum atomic E-state index is 13.2. The first-order chi connectivity index (χ1) is 23.2. The van der Waals surface area contributed by atoms with Gasteiger partial charge in [-0.05, 0) is 70.1 Å². The highest BCUT2D eigenvalue weighted by Gasteiger charge is 2.33. The Morgan fingerprint density at radius 1 is 1.14 bits per heavy atom. The summed E-state index contributed by atoms with van der Waals surface area (Å²) >= 11 is 17.0. The number of ether oxygens (including phenoxy) is 2. The monoisotopic (exact) mass is 771 g/mol. The van der Waals surface area contributed by atoms with Crippen molar-refractivity contribution in [1.82, 2.24) is 25.5 Å². The molecule has 50 heavy (non-hydrogen) atoms. The molecular weight excluding hydrogens is 725 g/mol. The van der Waals surface area contributed by atoms with Crippen LogP contribution in [0.4, 0.5) is 0 Å². The molecule has 0 aliphatic carbocycles. The Kier molecular flexibility index (Phi) is 15.3. The highest BCUT2D eigenvalue weighted by molar-refractivity contribution is 7.84. The number of pyridine rings is 1. The third-order valence-corrected chi connectivity index (χ3v) is 9.67. The van der Waals surface area contributed by atoms with Gasteiger partial charge in [-0.15, -0.1) is 0 Å². The zero-order valence-corrected chi connectivity index (χ0v) is 32.6. The van der Waals surface area contributed by atoms with Gasteiger partial charge in [-0.2, -0.15) is 0 Å². The molecule has 0 bridgehead atoms. The van der Waals surface area contributed by atoms with E-state index in [9.17, 15) is 18.6 Å². The number of esters is 1. The van der Waals surface area contributed by atoms with Crippen LogP contribution >= 0.6 is 34.8 Å². The van der Waals surface area contributed by atoms with Crippen molar-refractivity contribution >= 4 is 80.6 Å². The van der Waals surface area contributed by atoms with E-state index in [1.165, 1.54) is 5.01 Å². The summed E-state index contributed by atoms with van der Waals surface area (Å²) in [4.78, 5) is 43.5. The number of rotatable bonds is 14. The average molecular weight is 773 g/mol. The second-order valence-corrected chi connectivity index (χ2v) is 18.2. The van der Waals surface area contributed by atoms with Crippen LogP contribution in [-0.2, 0) is 34.8 Å².